The van der Waals surface area contributed by atoms with Gasteiger partial charge in [-0.2, -0.15) is 0 Å². The number of methoxy groups -OCH3 is 1. The molecule has 1 aromatic heterocycles. The highest BCUT2D eigenvalue weighted by molar-refractivity contribution is 7.19. The molecule has 0 saturated heterocycles. The zero-order chi connectivity index (χ0) is 15.9. The standard InChI is InChI=1S/C17H14O2S.C2H6/c1-19-15-9-12(8-14(18)11-15)6-7-16-10-13-4-2-3-5-17(13)20-16;1-2/h2-11,18H,1H3;1-2H3/b7-6+;. The van der Waals surface area contributed by atoms with E-state index in [1.54, 1.807) is 30.6 Å². The van der Waals surface area contributed by atoms with Crippen LogP contribution in [0.3, 0.4) is 0 Å². The Morgan fingerprint density at radius 1 is 1.00 bits per heavy atom. The Hall–Kier alpha value is -2.26. The Morgan fingerprint density at radius 3 is 2.50 bits per heavy atom. The summed E-state index contributed by atoms with van der Waals surface area (Å²) in [6, 6.07) is 15.7. The molecule has 22 heavy (non-hydrogen) atoms. The van der Waals surface area contributed by atoms with Crippen LogP contribution in [0.1, 0.15) is 24.3 Å². The summed E-state index contributed by atoms with van der Waals surface area (Å²) in [5.41, 5.74) is 0.916. The zero-order valence-corrected chi connectivity index (χ0v) is 13.9. The van der Waals surface area contributed by atoms with E-state index in [-0.39, 0.29) is 5.75 Å². The van der Waals surface area contributed by atoms with E-state index >= 15 is 0 Å². The maximum absolute atomic E-state index is 9.63. The van der Waals surface area contributed by atoms with Crippen molar-refractivity contribution in [2.75, 3.05) is 7.11 Å². The molecular weight excluding hydrogens is 292 g/mol. The lowest BCUT2D eigenvalue weighted by Crippen LogP contribution is -1.83. The predicted molar refractivity (Wildman–Crippen MR) is 96.8 cm³/mol. The third-order valence-corrected chi connectivity index (χ3v) is 4.12. The van der Waals surface area contributed by atoms with Crippen molar-refractivity contribution in [1.29, 1.82) is 0 Å². The molecule has 3 rings (SSSR count). The first kappa shape index (κ1) is 16.1. The minimum absolute atomic E-state index is 0.209. The average molecular weight is 312 g/mol. The number of hydrogen-bond acceptors (Lipinski definition) is 3. The van der Waals surface area contributed by atoms with Crippen LogP contribution in [0, 0.1) is 0 Å². The molecule has 1 heterocycles. The van der Waals surface area contributed by atoms with Crippen LogP contribution in [0.4, 0.5) is 0 Å². The number of rotatable bonds is 3. The van der Waals surface area contributed by atoms with Gasteiger partial charge in [0.2, 0.25) is 0 Å². The average Bonchev–Trinajstić information content (AvgIpc) is 2.97. The van der Waals surface area contributed by atoms with Gasteiger partial charge in [-0.05, 0) is 41.3 Å². The highest BCUT2D eigenvalue weighted by Crippen LogP contribution is 2.28. The van der Waals surface area contributed by atoms with Crippen LogP contribution >= 0.6 is 11.3 Å². The second-order valence-electron chi connectivity index (χ2n) is 4.48. The summed E-state index contributed by atoms with van der Waals surface area (Å²) in [5.74, 6) is 0.862. The lowest BCUT2D eigenvalue weighted by molar-refractivity contribution is 0.407. The van der Waals surface area contributed by atoms with E-state index in [1.165, 1.54) is 15.0 Å². The highest BCUT2D eigenvalue weighted by atomic mass is 32.1. The van der Waals surface area contributed by atoms with Crippen molar-refractivity contribution in [2.45, 2.75) is 13.8 Å². The number of ether oxygens (including phenoxy) is 1. The van der Waals surface area contributed by atoms with Crippen LogP contribution in [0.2, 0.25) is 0 Å². The van der Waals surface area contributed by atoms with Crippen LogP contribution in [-0.2, 0) is 0 Å². The summed E-state index contributed by atoms with van der Waals surface area (Å²) in [4.78, 5) is 1.19. The van der Waals surface area contributed by atoms with Gasteiger partial charge < -0.3 is 9.84 Å². The highest BCUT2D eigenvalue weighted by Gasteiger charge is 2.00. The minimum atomic E-state index is 0.209. The van der Waals surface area contributed by atoms with Crippen molar-refractivity contribution < 1.29 is 9.84 Å². The number of phenolic OH excluding ortho intramolecular Hbond substituents is 1. The number of thiophene rings is 1. The Labute approximate surface area is 135 Å². The molecule has 0 fully saturated rings. The Morgan fingerprint density at radius 2 is 1.77 bits per heavy atom. The smallest absolute Gasteiger partial charge is 0.123 e. The van der Waals surface area contributed by atoms with Crippen molar-refractivity contribution in [3.63, 3.8) is 0 Å². The normalized spacial score (nSPS) is 10.5. The molecule has 0 spiro atoms. The Bertz CT molecular complexity index is 739. The first-order valence-corrected chi connectivity index (χ1v) is 8.11. The summed E-state index contributed by atoms with van der Waals surface area (Å²) < 4.78 is 6.42. The summed E-state index contributed by atoms with van der Waals surface area (Å²) in [6.45, 7) is 4.00. The lowest BCUT2D eigenvalue weighted by Gasteiger charge is -2.02. The van der Waals surface area contributed by atoms with Gasteiger partial charge in [0, 0.05) is 15.6 Å². The molecule has 114 valence electrons. The lowest BCUT2D eigenvalue weighted by atomic mass is 10.2. The maximum Gasteiger partial charge on any atom is 0.123 e. The molecule has 3 heteroatoms. The number of aromatic hydroxyl groups is 1. The van der Waals surface area contributed by atoms with Crippen molar-refractivity contribution in [3.05, 3.63) is 59.0 Å². The predicted octanol–water partition coefficient (Wildman–Crippen LogP) is 5.81. The van der Waals surface area contributed by atoms with E-state index < -0.39 is 0 Å². The third kappa shape index (κ3) is 3.89. The molecule has 0 aliphatic carbocycles. The molecule has 0 aliphatic rings. The van der Waals surface area contributed by atoms with Gasteiger partial charge in [-0.25, -0.2) is 0 Å². The van der Waals surface area contributed by atoms with E-state index in [0.29, 0.717) is 5.75 Å². The molecule has 2 nitrogen and oxygen atoms in total. The monoisotopic (exact) mass is 312 g/mol. The molecule has 0 amide bonds. The quantitative estimate of drug-likeness (QED) is 0.661. The van der Waals surface area contributed by atoms with Gasteiger partial charge in [0.25, 0.3) is 0 Å². The minimum Gasteiger partial charge on any atom is -0.508 e. The van der Waals surface area contributed by atoms with E-state index in [1.807, 2.05) is 38.1 Å². The molecule has 3 aromatic rings. The topological polar surface area (TPSA) is 29.5 Å². The molecule has 0 atom stereocenters. The number of fused-ring (bicyclic) bond motifs is 1. The largest absolute Gasteiger partial charge is 0.508 e. The second kappa shape index (κ2) is 7.66. The fourth-order valence-electron chi connectivity index (χ4n) is 2.08. The van der Waals surface area contributed by atoms with Crippen LogP contribution < -0.4 is 4.74 Å². The summed E-state index contributed by atoms with van der Waals surface area (Å²) in [7, 11) is 1.59. The van der Waals surface area contributed by atoms with Gasteiger partial charge in [0.05, 0.1) is 7.11 Å². The molecule has 0 bridgehead atoms. The summed E-state index contributed by atoms with van der Waals surface area (Å²) >= 11 is 1.75. The summed E-state index contributed by atoms with van der Waals surface area (Å²) in [5, 5.41) is 10.9. The van der Waals surface area contributed by atoms with Gasteiger partial charge >= 0.3 is 0 Å². The van der Waals surface area contributed by atoms with E-state index in [9.17, 15) is 5.11 Å². The second-order valence-corrected chi connectivity index (χ2v) is 5.60. The zero-order valence-electron chi connectivity index (χ0n) is 13.0. The number of phenols is 1. The van der Waals surface area contributed by atoms with Crippen molar-refractivity contribution in [1.82, 2.24) is 0 Å². The molecule has 1 N–H and O–H groups in total. The number of benzene rings is 2. The van der Waals surface area contributed by atoms with Gasteiger partial charge in [0.1, 0.15) is 11.5 Å². The number of hydrogen-bond donors (Lipinski definition) is 1. The van der Waals surface area contributed by atoms with E-state index in [2.05, 4.69) is 24.3 Å². The Kier molecular flexibility index (Phi) is 5.61. The van der Waals surface area contributed by atoms with Crippen LogP contribution in [0.5, 0.6) is 11.5 Å². The molecule has 0 saturated carbocycles. The molecule has 0 unspecified atom stereocenters. The van der Waals surface area contributed by atoms with Crippen LogP contribution in [0.25, 0.3) is 22.2 Å². The van der Waals surface area contributed by atoms with Gasteiger partial charge in [0.15, 0.2) is 0 Å². The third-order valence-electron chi connectivity index (χ3n) is 3.03. The Balaban J connectivity index is 0.000000847. The van der Waals surface area contributed by atoms with Crippen molar-refractivity contribution in [2.24, 2.45) is 0 Å². The molecular formula is C19H20O2S. The van der Waals surface area contributed by atoms with E-state index in [0.717, 1.165) is 5.56 Å². The van der Waals surface area contributed by atoms with E-state index in [4.69, 9.17) is 4.74 Å². The molecule has 0 radical (unpaired) electrons. The van der Waals surface area contributed by atoms with Crippen LogP contribution in [-0.4, -0.2) is 12.2 Å². The van der Waals surface area contributed by atoms with Crippen LogP contribution in [0.15, 0.2) is 48.5 Å². The maximum atomic E-state index is 9.63. The van der Waals surface area contributed by atoms with Gasteiger partial charge in [-0.15, -0.1) is 11.3 Å². The van der Waals surface area contributed by atoms with Crippen molar-refractivity contribution >= 4 is 33.6 Å². The summed E-state index contributed by atoms with van der Waals surface area (Å²) in [6.07, 6.45) is 4.03. The van der Waals surface area contributed by atoms with Gasteiger partial charge in [-0.1, -0.05) is 38.1 Å². The van der Waals surface area contributed by atoms with Gasteiger partial charge in [-0.3, -0.25) is 0 Å². The first-order valence-electron chi connectivity index (χ1n) is 7.29. The fourth-order valence-corrected chi connectivity index (χ4v) is 3.05. The fraction of sp³-hybridized carbons (Fsp3) is 0.158. The molecule has 0 aliphatic heterocycles. The first-order chi connectivity index (χ1) is 10.7. The molecule has 2 aromatic carbocycles. The SMILES string of the molecule is CC.COc1cc(O)cc(/C=C/c2cc3ccccc3s2)c1. The van der Waals surface area contributed by atoms with Crippen molar-refractivity contribution in [3.8, 4) is 11.5 Å².